The highest BCUT2D eigenvalue weighted by molar-refractivity contribution is 8.01. The number of thiophene rings is 1. The van der Waals surface area contributed by atoms with E-state index in [4.69, 9.17) is 4.74 Å². The van der Waals surface area contributed by atoms with Crippen molar-refractivity contribution in [1.29, 1.82) is 0 Å². The van der Waals surface area contributed by atoms with E-state index in [1.165, 1.54) is 52.2 Å². The van der Waals surface area contributed by atoms with Crippen molar-refractivity contribution < 1.29 is 14.3 Å². The molecule has 11 heteroatoms. The summed E-state index contributed by atoms with van der Waals surface area (Å²) >= 11 is 4.36. The molecule has 8 nitrogen and oxygen atoms in total. The number of aryl methyl sites for hydroxylation is 1. The van der Waals surface area contributed by atoms with E-state index in [0.717, 1.165) is 40.7 Å². The van der Waals surface area contributed by atoms with Gasteiger partial charge in [0.05, 0.1) is 17.9 Å². The zero-order valence-corrected chi connectivity index (χ0v) is 19.2. The van der Waals surface area contributed by atoms with Gasteiger partial charge >= 0.3 is 0 Å². The summed E-state index contributed by atoms with van der Waals surface area (Å²) in [6, 6.07) is 0.525. The number of amides is 2. The van der Waals surface area contributed by atoms with Gasteiger partial charge in [-0.15, -0.1) is 21.5 Å². The summed E-state index contributed by atoms with van der Waals surface area (Å²) in [6.45, 7) is 0.896. The van der Waals surface area contributed by atoms with Gasteiger partial charge in [-0.1, -0.05) is 23.1 Å². The Morgan fingerprint density at radius 3 is 2.83 bits per heavy atom. The quantitative estimate of drug-likeness (QED) is 0.364. The standard InChI is InChI=1S/C19H25N5O3S3/c1-27-9-8-20-16(26)15-12-4-2-3-5-13(12)29-17(15)22-14(25)10-28-19-24-23-18(30-19)21-11-6-7-11/h11H,2-10H2,1H3,(H,20,26)(H,21,23)(H,22,25). The molecule has 0 saturated heterocycles. The maximum Gasteiger partial charge on any atom is 0.254 e. The Hall–Kier alpha value is -1.69. The van der Waals surface area contributed by atoms with Crippen LogP contribution in [-0.4, -0.2) is 54.1 Å². The smallest absolute Gasteiger partial charge is 0.254 e. The van der Waals surface area contributed by atoms with Crippen molar-refractivity contribution >= 4 is 56.4 Å². The van der Waals surface area contributed by atoms with Gasteiger partial charge in [0.2, 0.25) is 11.0 Å². The zero-order chi connectivity index (χ0) is 20.9. The van der Waals surface area contributed by atoms with Crippen LogP contribution < -0.4 is 16.0 Å². The molecule has 1 saturated carbocycles. The SMILES string of the molecule is COCCNC(=O)c1c(NC(=O)CSc2nnc(NC3CC3)s2)sc2c1CCCC2. The van der Waals surface area contributed by atoms with Crippen LogP contribution in [0.1, 0.15) is 46.5 Å². The molecule has 30 heavy (non-hydrogen) atoms. The summed E-state index contributed by atoms with van der Waals surface area (Å²) in [7, 11) is 1.60. The maximum atomic E-state index is 12.8. The van der Waals surface area contributed by atoms with Crippen LogP contribution in [0.5, 0.6) is 0 Å². The Balaban J connectivity index is 1.38. The third kappa shape index (κ3) is 5.51. The molecule has 0 aromatic carbocycles. The fourth-order valence-corrected chi connectivity index (χ4v) is 6.20. The Morgan fingerprint density at radius 1 is 1.20 bits per heavy atom. The van der Waals surface area contributed by atoms with Crippen LogP contribution in [0.15, 0.2) is 4.34 Å². The van der Waals surface area contributed by atoms with E-state index in [2.05, 4.69) is 26.1 Å². The summed E-state index contributed by atoms with van der Waals surface area (Å²) in [5.41, 5.74) is 1.71. The third-order valence-corrected chi connectivity index (χ3v) is 8.08. The number of nitrogens with one attached hydrogen (secondary N) is 3. The van der Waals surface area contributed by atoms with E-state index >= 15 is 0 Å². The summed E-state index contributed by atoms with van der Waals surface area (Å²) < 4.78 is 5.78. The topological polar surface area (TPSA) is 105 Å². The van der Waals surface area contributed by atoms with Gasteiger partial charge in [-0.05, 0) is 44.1 Å². The number of methoxy groups -OCH3 is 1. The molecule has 2 aromatic heterocycles. The molecule has 0 atom stereocenters. The Bertz CT molecular complexity index is 909. The lowest BCUT2D eigenvalue weighted by atomic mass is 9.95. The molecule has 2 amide bonds. The van der Waals surface area contributed by atoms with Crippen LogP contribution in [0.4, 0.5) is 10.1 Å². The second-order valence-electron chi connectivity index (χ2n) is 7.29. The molecule has 0 spiro atoms. The number of carbonyl (C=O) groups excluding carboxylic acids is 2. The highest BCUT2D eigenvalue weighted by atomic mass is 32.2. The zero-order valence-electron chi connectivity index (χ0n) is 16.8. The van der Waals surface area contributed by atoms with E-state index in [1.54, 1.807) is 7.11 Å². The first-order valence-corrected chi connectivity index (χ1v) is 12.7. The van der Waals surface area contributed by atoms with Crippen LogP contribution in [0.25, 0.3) is 0 Å². The molecule has 4 rings (SSSR count). The molecule has 0 unspecified atom stereocenters. The number of hydrogen-bond acceptors (Lipinski definition) is 9. The fourth-order valence-electron chi connectivity index (χ4n) is 3.27. The average molecular weight is 468 g/mol. The predicted molar refractivity (Wildman–Crippen MR) is 121 cm³/mol. The molecule has 0 aliphatic heterocycles. The minimum Gasteiger partial charge on any atom is -0.383 e. The molecule has 0 bridgehead atoms. The first-order valence-electron chi connectivity index (χ1n) is 10.1. The van der Waals surface area contributed by atoms with E-state index in [0.29, 0.717) is 29.8 Å². The molecule has 1 fully saturated rings. The molecule has 162 valence electrons. The number of hydrogen-bond donors (Lipinski definition) is 3. The van der Waals surface area contributed by atoms with E-state index in [1.807, 2.05) is 0 Å². The molecule has 2 heterocycles. The Labute approximate surface area is 187 Å². The number of rotatable bonds is 10. The number of fused-ring (bicyclic) bond motifs is 1. The Kier molecular flexibility index (Phi) is 7.24. The predicted octanol–water partition coefficient (Wildman–Crippen LogP) is 3.16. The van der Waals surface area contributed by atoms with E-state index < -0.39 is 0 Å². The molecule has 2 aliphatic rings. The van der Waals surface area contributed by atoms with Crippen molar-refractivity contribution in [3.8, 4) is 0 Å². The largest absolute Gasteiger partial charge is 0.383 e. The van der Waals surface area contributed by atoms with Crippen molar-refractivity contribution in [3.05, 3.63) is 16.0 Å². The Morgan fingerprint density at radius 2 is 2.03 bits per heavy atom. The van der Waals surface area contributed by atoms with Gasteiger partial charge in [-0.25, -0.2) is 0 Å². The minimum absolute atomic E-state index is 0.142. The number of anilines is 2. The first-order chi connectivity index (χ1) is 14.6. The van der Waals surface area contributed by atoms with Gasteiger partial charge in [-0.2, -0.15) is 0 Å². The molecular weight excluding hydrogens is 442 g/mol. The maximum absolute atomic E-state index is 12.8. The van der Waals surface area contributed by atoms with Crippen molar-refractivity contribution in [2.45, 2.75) is 48.9 Å². The number of nitrogens with zero attached hydrogens (tertiary/aromatic N) is 2. The molecular formula is C19H25N5O3S3. The highest BCUT2D eigenvalue weighted by Crippen LogP contribution is 2.38. The van der Waals surface area contributed by atoms with Crippen LogP contribution in [0.2, 0.25) is 0 Å². The second-order valence-corrected chi connectivity index (χ2v) is 10.6. The summed E-state index contributed by atoms with van der Waals surface area (Å²) in [4.78, 5) is 26.6. The fraction of sp³-hybridized carbons (Fsp3) is 0.579. The number of aromatic nitrogens is 2. The van der Waals surface area contributed by atoms with E-state index in [9.17, 15) is 9.59 Å². The van der Waals surface area contributed by atoms with Crippen LogP contribution in [0.3, 0.4) is 0 Å². The summed E-state index contributed by atoms with van der Waals surface area (Å²) in [5, 5.41) is 18.9. The third-order valence-electron chi connectivity index (χ3n) is 4.88. The highest BCUT2D eigenvalue weighted by Gasteiger charge is 2.26. The number of thioether (sulfide) groups is 1. The van der Waals surface area contributed by atoms with Crippen LogP contribution in [-0.2, 0) is 22.4 Å². The number of carbonyl (C=O) groups is 2. The van der Waals surface area contributed by atoms with Gasteiger partial charge in [0.1, 0.15) is 5.00 Å². The monoisotopic (exact) mass is 467 g/mol. The van der Waals surface area contributed by atoms with Crippen LogP contribution in [0, 0.1) is 0 Å². The van der Waals surface area contributed by atoms with Gasteiger partial charge in [-0.3, -0.25) is 9.59 Å². The van der Waals surface area contributed by atoms with Gasteiger partial charge in [0.25, 0.3) is 5.91 Å². The van der Waals surface area contributed by atoms with Gasteiger partial charge in [0, 0.05) is 24.6 Å². The lowest BCUT2D eigenvalue weighted by molar-refractivity contribution is -0.113. The number of ether oxygens (including phenoxy) is 1. The lowest BCUT2D eigenvalue weighted by Gasteiger charge is -2.13. The second kappa shape index (κ2) is 10.1. The molecule has 2 aromatic rings. The average Bonchev–Trinajstić information content (AvgIpc) is 3.31. The molecule has 2 aliphatic carbocycles. The normalized spacial score (nSPS) is 15.5. The van der Waals surface area contributed by atoms with Crippen molar-refractivity contribution in [2.24, 2.45) is 0 Å². The van der Waals surface area contributed by atoms with Gasteiger partial charge in [0.15, 0.2) is 4.34 Å². The molecule has 3 N–H and O–H groups in total. The first kappa shape index (κ1) is 21.5. The summed E-state index contributed by atoms with van der Waals surface area (Å²) in [6.07, 6.45) is 6.39. The van der Waals surface area contributed by atoms with Crippen molar-refractivity contribution in [1.82, 2.24) is 15.5 Å². The minimum atomic E-state index is -0.144. The van der Waals surface area contributed by atoms with Crippen LogP contribution >= 0.6 is 34.4 Å². The lowest BCUT2D eigenvalue weighted by Crippen LogP contribution is -2.29. The van der Waals surface area contributed by atoms with Gasteiger partial charge < -0.3 is 20.7 Å². The van der Waals surface area contributed by atoms with Crippen molar-refractivity contribution in [3.63, 3.8) is 0 Å². The molecule has 0 radical (unpaired) electrons. The van der Waals surface area contributed by atoms with E-state index in [-0.39, 0.29) is 17.6 Å². The summed E-state index contributed by atoms with van der Waals surface area (Å²) in [5.74, 6) is -0.0588. The van der Waals surface area contributed by atoms with Crippen molar-refractivity contribution in [2.75, 3.05) is 36.6 Å².